The van der Waals surface area contributed by atoms with Gasteiger partial charge >= 0.3 is 0 Å². The van der Waals surface area contributed by atoms with Crippen LogP contribution >= 0.6 is 24.8 Å². The summed E-state index contributed by atoms with van der Waals surface area (Å²) < 4.78 is 10.5. The predicted molar refractivity (Wildman–Crippen MR) is 109 cm³/mol. The standard InChI is InChI=1S/C18H29N3O3.2ClH/c1-23-12-9-19-14-18(22)20-13-16(21-10-5-6-11-21)15-7-3-4-8-17(15)24-2;;/h3-4,7-8,16,19H,5-6,9-14H2,1-2H3,(H,20,22);2*1H. The summed E-state index contributed by atoms with van der Waals surface area (Å²) in [4.78, 5) is 14.5. The molecule has 1 aromatic rings. The number of methoxy groups -OCH3 is 2. The van der Waals surface area contributed by atoms with Crippen LogP contribution in [-0.4, -0.2) is 64.4 Å². The van der Waals surface area contributed by atoms with Crippen LogP contribution in [0.25, 0.3) is 0 Å². The number of likely N-dealkylation sites (tertiary alicyclic amines) is 1. The smallest absolute Gasteiger partial charge is 0.234 e. The number of halogens is 2. The Morgan fingerprint density at radius 1 is 1.19 bits per heavy atom. The number of carbonyl (C=O) groups is 1. The van der Waals surface area contributed by atoms with Crippen molar-refractivity contribution >= 4 is 30.7 Å². The first-order chi connectivity index (χ1) is 11.8. The SMILES string of the molecule is COCCNCC(=O)NCC(c1ccccc1OC)N1CCCC1.Cl.Cl. The van der Waals surface area contributed by atoms with Gasteiger partial charge in [-0.3, -0.25) is 9.69 Å². The molecule has 1 saturated heterocycles. The fraction of sp³-hybridized carbons (Fsp3) is 0.611. The number of nitrogens with zero attached hydrogens (tertiary/aromatic N) is 1. The monoisotopic (exact) mass is 407 g/mol. The Kier molecular flexibility index (Phi) is 13.5. The second-order valence-electron chi connectivity index (χ2n) is 5.97. The fourth-order valence-corrected chi connectivity index (χ4v) is 3.08. The Morgan fingerprint density at radius 3 is 2.54 bits per heavy atom. The van der Waals surface area contributed by atoms with Crippen LogP contribution in [0, 0.1) is 0 Å². The maximum Gasteiger partial charge on any atom is 0.234 e. The zero-order valence-corrected chi connectivity index (χ0v) is 17.2. The number of para-hydroxylation sites is 1. The van der Waals surface area contributed by atoms with E-state index in [4.69, 9.17) is 9.47 Å². The molecule has 0 aliphatic carbocycles. The predicted octanol–water partition coefficient (Wildman–Crippen LogP) is 2.03. The molecule has 8 heteroatoms. The molecule has 1 fully saturated rings. The molecule has 1 heterocycles. The Balaban J connectivity index is 0.00000312. The largest absolute Gasteiger partial charge is 0.496 e. The van der Waals surface area contributed by atoms with Crippen LogP contribution in [0.5, 0.6) is 5.75 Å². The van der Waals surface area contributed by atoms with E-state index in [1.54, 1.807) is 14.2 Å². The lowest BCUT2D eigenvalue weighted by atomic mass is 10.0. The first kappa shape index (κ1) is 24.9. The Bertz CT molecular complexity index is 514. The van der Waals surface area contributed by atoms with E-state index < -0.39 is 0 Å². The van der Waals surface area contributed by atoms with E-state index >= 15 is 0 Å². The molecule has 1 amide bonds. The molecule has 0 aromatic heterocycles. The molecule has 1 atom stereocenters. The maximum absolute atomic E-state index is 12.0. The molecule has 1 aliphatic heterocycles. The lowest BCUT2D eigenvalue weighted by molar-refractivity contribution is -0.120. The van der Waals surface area contributed by atoms with Crippen LogP contribution in [0.2, 0.25) is 0 Å². The molecule has 1 unspecified atom stereocenters. The number of hydrogen-bond donors (Lipinski definition) is 2. The van der Waals surface area contributed by atoms with Crippen molar-refractivity contribution in [2.45, 2.75) is 18.9 Å². The van der Waals surface area contributed by atoms with Gasteiger partial charge in [0.15, 0.2) is 0 Å². The zero-order chi connectivity index (χ0) is 17.2. The van der Waals surface area contributed by atoms with Gasteiger partial charge in [-0.15, -0.1) is 24.8 Å². The summed E-state index contributed by atoms with van der Waals surface area (Å²) in [5.74, 6) is 0.882. The van der Waals surface area contributed by atoms with E-state index in [2.05, 4.69) is 21.6 Å². The minimum atomic E-state index is 0. The van der Waals surface area contributed by atoms with Gasteiger partial charge in [0.2, 0.25) is 5.91 Å². The van der Waals surface area contributed by atoms with E-state index in [1.165, 1.54) is 12.8 Å². The van der Waals surface area contributed by atoms with Gasteiger partial charge in [-0.2, -0.15) is 0 Å². The lowest BCUT2D eigenvalue weighted by Gasteiger charge is -2.29. The molecule has 0 spiro atoms. The van der Waals surface area contributed by atoms with Crippen LogP contribution in [0.1, 0.15) is 24.4 Å². The molecule has 26 heavy (non-hydrogen) atoms. The molecule has 2 N–H and O–H groups in total. The summed E-state index contributed by atoms with van der Waals surface area (Å²) in [5, 5.41) is 6.11. The van der Waals surface area contributed by atoms with Gasteiger partial charge < -0.3 is 20.1 Å². The Labute approximate surface area is 168 Å². The molecule has 2 rings (SSSR count). The molecule has 1 aromatic carbocycles. The Morgan fingerprint density at radius 2 is 1.88 bits per heavy atom. The minimum absolute atomic E-state index is 0. The van der Waals surface area contributed by atoms with Crippen LogP contribution < -0.4 is 15.4 Å². The van der Waals surface area contributed by atoms with Crippen molar-refractivity contribution in [3.8, 4) is 5.75 Å². The number of benzene rings is 1. The number of rotatable bonds is 10. The van der Waals surface area contributed by atoms with Gasteiger partial charge in [-0.1, -0.05) is 18.2 Å². The highest BCUT2D eigenvalue weighted by Crippen LogP contribution is 2.31. The summed E-state index contributed by atoms with van der Waals surface area (Å²) in [7, 11) is 3.34. The van der Waals surface area contributed by atoms with Crippen LogP contribution in [-0.2, 0) is 9.53 Å². The summed E-state index contributed by atoms with van der Waals surface area (Å²) >= 11 is 0. The van der Waals surface area contributed by atoms with E-state index in [0.717, 1.165) is 24.4 Å². The van der Waals surface area contributed by atoms with Crippen molar-refractivity contribution in [2.24, 2.45) is 0 Å². The topological polar surface area (TPSA) is 62.8 Å². The number of carbonyl (C=O) groups excluding carboxylic acids is 1. The molecule has 0 radical (unpaired) electrons. The van der Waals surface area contributed by atoms with Crippen molar-refractivity contribution in [3.05, 3.63) is 29.8 Å². The first-order valence-electron chi connectivity index (χ1n) is 8.59. The third kappa shape index (κ3) is 7.68. The Hall–Kier alpha value is -1.05. The van der Waals surface area contributed by atoms with Crippen molar-refractivity contribution in [2.75, 3.05) is 53.6 Å². The maximum atomic E-state index is 12.0. The van der Waals surface area contributed by atoms with Gasteiger partial charge in [0.05, 0.1) is 26.3 Å². The molecular weight excluding hydrogens is 377 g/mol. The average molecular weight is 408 g/mol. The molecule has 150 valence electrons. The van der Waals surface area contributed by atoms with E-state index in [9.17, 15) is 4.79 Å². The number of nitrogens with one attached hydrogen (secondary N) is 2. The highest BCUT2D eigenvalue weighted by Gasteiger charge is 2.26. The second kappa shape index (κ2) is 14.1. The van der Waals surface area contributed by atoms with Crippen molar-refractivity contribution < 1.29 is 14.3 Å². The highest BCUT2D eigenvalue weighted by molar-refractivity contribution is 5.85. The third-order valence-electron chi connectivity index (χ3n) is 4.34. The van der Waals surface area contributed by atoms with Gasteiger partial charge in [-0.05, 0) is 32.0 Å². The molecule has 0 bridgehead atoms. The molecule has 1 aliphatic rings. The summed E-state index contributed by atoms with van der Waals surface area (Å²) in [6.07, 6.45) is 2.41. The summed E-state index contributed by atoms with van der Waals surface area (Å²) in [6.45, 7) is 4.29. The van der Waals surface area contributed by atoms with Gasteiger partial charge in [0.25, 0.3) is 0 Å². The quantitative estimate of drug-likeness (QED) is 0.580. The number of amides is 1. The van der Waals surface area contributed by atoms with Gasteiger partial charge in [0.1, 0.15) is 5.75 Å². The fourth-order valence-electron chi connectivity index (χ4n) is 3.08. The van der Waals surface area contributed by atoms with Crippen molar-refractivity contribution in [1.29, 1.82) is 0 Å². The third-order valence-corrected chi connectivity index (χ3v) is 4.34. The highest BCUT2D eigenvalue weighted by atomic mass is 35.5. The normalized spacial score (nSPS) is 14.8. The number of ether oxygens (including phenoxy) is 2. The van der Waals surface area contributed by atoms with Crippen molar-refractivity contribution in [3.63, 3.8) is 0 Å². The first-order valence-corrected chi connectivity index (χ1v) is 8.59. The van der Waals surface area contributed by atoms with Crippen LogP contribution in [0.15, 0.2) is 24.3 Å². The molecule has 0 saturated carbocycles. The van der Waals surface area contributed by atoms with Gasteiger partial charge in [-0.25, -0.2) is 0 Å². The van der Waals surface area contributed by atoms with Crippen LogP contribution in [0.3, 0.4) is 0 Å². The van der Waals surface area contributed by atoms with E-state index in [-0.39, 0.29) is 36.8 Å². The van der Waals surface area contributed by atoms with E-state index in [0.29, 0.717) is 26.2 Å². The summed E-state index contributed by atoms with van der Waals surface area (Å²) in [6, 6.07) is 8.21. The van der Waals surface area contributed by atoms with Crippen LogP contribution in [0.4, 0.5) is 0 Å². The average Bonchev–Trinajstić information content (AvgIpc) is 3.14. The number of hydrogen-bond acceptors (Lipinski definition) is 5. The summed E-state index contributed by atoms with van der Waals surface area (Å²) in [5.41, 5.74) is 1.13. The van der Waals surface area contributed by atoms with Gasteiger partial charge in [0, 0.05) is 25.8 Å². The lowest BCUT2D eigenvalue weighted by Crippen LogP contribution is -2.40. The second-order valence-corrected chi connectivity index (χ2v) is 5.97. The molecule has 6 nitrogen and oxygen atoms in total. The minimum Gasteiger partial charge on any atom is -0.496 e. The van der Waals surface area contributed by atoms with Crippen molar-refractivity contribution in [1.82, 2.24) is 15.5 Å². The zero-order valence-electron chi connectivity index (χ0n) is 15.5. The van der Waals surface area contributed by atoms with E-state index in [1.807, 2.05) is 18.2 Å². The molecular formula is C18H31Cl2N3O3.